The number of aliphatic hydroxyl groups is 1. The van der Waals surface area contributed by atoms with Gasteiger partial charge in [-0.25, -0.2) is 0 Å². The van der Waals surface area contributed by atoms with E-state index in [4.69, 9.17) is 13.9 Å². The van der Waals surface area contributed by atoms with Crippen molar-refractivity contribution in [2.24, 2.45) is 0 Å². The van der Waals surface area contributed by atoms with E-state index in [-0.39, 0.29) is 17.2 Å². The zero-order valence-electron chi connectivity index (χ0n) is 19.4. The van der Waals surface area contributed by atoms with Crippen molar-refractivity contribution in [1.29, 1.82) is 0 Å². The molecule has 1 heterocycles. The van der Waals surface area contributed by atoms with Crippen LogP contribution in [0.1, 0.15) is 58.4 Å². The highest BCUT2D eigenvalue weighted by atomic mass is 28.4. The third kappa shape index (κ3) is 8.53. The number of ether oxygens (including phenoxy) is 2. The number of aliphatic hydroxyl groups excluding tert-OH is 1. The third-order valence-electron chi connectivity index (χ3n) is 6.11. The molecule has 1 aromatic rings. The smallest absolute Gasteiger partial charge is 0.192 e. The van der Waals surface area contributed by atoms with Crippen LogP contribution >= 0.6 is 0 Å². The first kappa shape index (κ1) is 25.1. The van der Waals surface area contributed by atoms with Gasteiger partial charge < -0.3 is 19.0 Å². The van der Waals surface area contributed by atoms with Gasteiger partial charge in [-0.05, 0) is 49.4 Å². The second-order valence-electron chi connectivity index (χ2n) is 9.67. The van der Waals surface area contributed by atoms with Crippen LogP contribution in [0.2, 0.25) is 18.1 Å². The minimum absolute atomic E-state index is 0.0542. The van der Waals surface area contributed by atoms with Crippen molar-refractivity contribution in [3.05, 3.63) is 35.9 Å². The van der Waals surface area contributed by atoms with Gasteiger partial charge in [0.2, 0.25) is 0 Å². The van der Waals surface area contributed by atoms with Crippen LogP contribution in [0.15, 0.2) is 30.3 Å². The first-order valence-corrected chi connectivity index (χ1v) is 14.2. The van der Waals surface area contributed by atoms with Crippen LogP contribution in [0, 0.1) is 11.8 Å². The Labute approximate surface area is 184 Å². The Kier molecular flexibility index (Phi) is 10.1. The second kappa shape index (κ2) is 12.0. The van der Waals surface area contributed by atoms with Gasteiger partial charge in [-0.3, -0.25) is 0 Å². The number of hydrogen-bond donors (Lipinski definition) is 1. The van der Waals surface area contributed by atoms with Gasteiger partial charge in [-0.1, -0.05) is 62.9 Å². The molecule has 0 amide bonds. The summed E-state index contributed by atoms with van der Waals surface area (Å²) < 4.78 is 18.3. The maximum atomic E-state index is 10.3. The van der Waals surface area contributed by atoms with E-state index < -0.39 is 14.4 Å². The van der Waals surface area contributed by atoms with Gasteiger partial charge in [0.15, 0.2) is 8.32 Å². The molecule has 0 aliphatic carbocycles. The Morgan fingerprint density at radius 1 is 1.23 bits per heavy atom. The Morgan fingerprint density at radius 2 is 1.97 bits per heavy atom. The maximum absolute atomic E-state index is 10.3. The van der Waals surface area contributed by atoms with Crippen LogP contribution in [0.3, 0.4) is 0 Å². The normalized spacial score (nSPS) is 21.0. The summed E-state index contributed by atoms with van der Waals surface area (Å²) in [4.78, 5) is 0. The SMILES string of the molecule is CC(C)(C)[Si](C)(C)O[C@@H]1CCCO[C@H]1CCC(O)C#CCCOCc1ccccc1. The Bertz CT molecular complexity index is 672. The fourth-order valence-corrected chi connectivity index (χ4v) is 4.62. The second-order valence-corrected chi connectivity index (χ2v) is 14.4. The molecule has 1 N–H and O–H groups in total. The highest BCUT2D eigenvalue weighted by Gasteiger charge is 2.41. The topological polar surface area (TPSA) is 47.9 Å². The van der Waals surface area contributed by atoms with Crippen molar-refractivity contribution in [1.82, 2.24) is 0 Å². The molecule has 1 unspecified atom stereocenters. The first-order valence-electron chi connectivity index (χ1n) is 11.3. The zero-order valence-corrected chi connectivity index (χ0v) is 20.4. The van der Waals surface area contributed by atoms with E-state index in [0.717, 1.165) is 31.4 Å². The van der Waals surface area contributed by atoms with Gasteiger partial charge in [-0.15, -0.1) is 0 Å². The molecular weight excluding hydrogens is 392 g/mol. The summed E-state index contributed by atoms with van der Waals surface area (Å²) in [5.74, 6) is 5.98. The molecular formula is C25H40O4Si. The van der Waals surface area contributed by atoms with Gasteiger partial charge in [0.05, 0.1) is 25.4 Å². The van der Waals surface area contributed by atoms with Gasteiger partial charge in [0, 0.05) is 13.0 Å². The molecule has 0 spiro atoms. The van der Waals surface area contributed by atoms with Crippen molar-refractivity contribution in [2.75, 3.05) is 13.2 Å². The van der Waals surface area contributed by atoms with Crippen molar-refractivity contribution < 1.29 is 19.0 Å². The zero-order chi connectivity index (χ0) is 22.0. The molecule has 0 aromatic heterocycles. The van der Waals surface area contributed by atoms with Crippen LogP contribution < -0.4 is 0 Å². The lowest BCUT2D eigenvalue weighted by Crippen LogP contribution is -2.49. The van der Waals surface area contributed by atoms with Crippen LogP contribution in [-0.4, -0.2) is 44.9 Å². The minimum atomic E-state index is -1.83. The van der Waals surface area contributed by atoms with Gasteiger partial charge >= 0.3 is 0 Å². The molecule has 0 radical (unpaired) electrons. The minimum Gasteiger partial charge on any atom is -0.411 e. The molecule has 1 aromatic carbocycles. The van der Waals surface area contributed by atoms with E-state index in [2.05, 4.69) is 45.7 Å². The van der Waals surface area contributed by atoms with E-state index in [1.54, 1.807) is 0 Å². The molecule has 168 valence electrons. The number of benzene rings is 1. The molecule has 30 heavy (non-hydrogen) atoms. The van der Waals surface area contributed by atoms with Gasteiger partial charge in [0.1, 0.15) is 6.10 Å². The van der Waals surface area contributed by atoms with Crippen molar-refractivity contribution in [3.63, 3.8) is 0 Å². The summed E-state index contributed by atoms with van der Waals surface area (Å²) >= 11 is 0. The van der Waals surface area contributed by atoms with E-state index >= 15 is 0 Å². The van der Waals surface area contributed by atoms with Crippen LogP contribution in [-0.2, 0) is 20.5 Å². The molecule has 2 rings (SSSR count). The molecule has 1 fully saturated rings. The number of rotatable bonds is 9. The summed E-state index contributed by atoms with van der Waals surface area (Å²) in [5.41, 5.74) is 1.16. The number of hydrogen-bond acceptors (Lipinski definition) is 4. The van der Waals surface area contributed by atoms with Crippen molar-refractivity contribution >= 4 is 8.32 Å². The van der Waals surface area contributed by atoms with Crippen molar-refractivity contribution in [2.45, 2.75) is 95.9 Å². The Hall–Kier alpha value is -1.16. The maximum Gasteiger partial charge on any atom is 0.192 e. The summed E-state index contributed by atoms with van der Waals surface area (Å²) in [6.45, 7) is 13.3. The predicted octanol–water partition coefficient (Wildman–Crippen LogP) is 5.31. The summed E-state index contributed by atoms with van der Waals surface area (Å²) in [6.07, 6.45) is 3.65. The average Bonchev–Trinajstić information content (AvgIpc) is 2.69. The molecule has 1 aliphatic heterocycles. The lowest BCUT2D eigenvalue weighted by Gasteiger charge is -2.43. The first-order chi connectivity index (χ1) is 14.2. The quantitative estimate of drug-likeness (QED) is 0.326. The van der Waals surface area contributed by atoms with E-state index in [9.17, 15) is 5.11 Å². The van der Waals surface area contributed by atoms with E-state index in [1.807, 2.05) is 30.3 Å². The molecule has 3 atom stereocenters. The highest BCUT2D eigenvalue weighted by molar-refractivity contribution is 6.74. The standard InChI is InChI=1S/C25H40O4Si/c1-25(2,3)30(4,5)29-24-15-11-19-28-23(24)17-16-22(26)14-9-10-18-27-20-21-12-7-6-8-13-21/h6-8,12-13,22-24,26H,10-11,15-20H2,1-5H3/t22?,23-,24+/m0/s1. The summed E-state index contributed by atoms with van der Waals surface area (Å²) in [7, 11) is -1.83. The molecule has 0 saturated carbocycles. The predicted molar refractivity (Wildman–Crippen MR) is 125 cm³/mol. The molecule has 4 nitrogen and oxygen atoms in total. The molecule has 1 aliphatic rings. The van der Waals surface area contributed by atoms with Gasteiger partial charge in [0.25, 0.3) is 0 Å². The Balaban J connectivity index is 1.70. The molecule has 5 heteroatoms. The third-order valence-corrected chi connectivity index (χ3v) is 10.6. The van der Waals surface area contributed by atoms with Gasteiger partial charge in [-0.2, -0.15) is 0 Å². The summed E-state index contributed by atoms with van der Waals surface area (Å²) in [5, 5.41) is 10.4. The monoisotopic (exact) mass is 432 g/mol. The molecule has 0 bridgehead atoms. The lowest BCUT2D eigenvalue weighted by molar-refractivity contribution is -0.0738. The van der Waals surface area contributed by atoms with Crippen LogP contribution in [0.25, 0.3) is 0 Å². The van der Waals surface area contributed by atoms with E-state index in [1.165, 1.54) is 0 Å². The largest absolute Gasteiger partial charge is 0.411 e. The summed E-state index contributed by atoms with van der Waals surface area (Å²) in [6, 6.07) is 10.1. The fourth-order valence-electron chi connectivity index (χ4n) is 3.24. The van der Waals surface area contributed by atoms with Crippen molar-refractivity contribution in [3.8, 4) is 11.8 Å². The highest BCUT2D eigenvalue weighted by Crippen LogP contribution is 2.39. The fraction of sp³-hybridized carbons (Fsp3) is 0.680. The lowest BCUT2D eigenvalue weighted by atomic mass is 10.00. The molecule has 1 saturated heterocycles. The average molecular weight is 433 g/mol. The van der Waals surface area contributed by atoms with Crippen LogP contribution in [0.4, 0.5) is 0 Å². The van der Waals surface area contributed by atoms with E-state index in [0.29, 0.717) is 26.1 Å². The van der Waals surface area contributed by atoms with Crippen LogP contribution in [0.5, 0.6) is 0 Å². The Morgan fingerprint density at radius 3 is 2.67 bits per heavy atom.